The van der Waals surface area contributed by atoms with Crippen molar-refractivity contribution in [2.24, 2.45) is 13.0 Å². The molecule has 0 N–H and O–H groups in total. The van der Waals surface area contributed by atoms with Crippen LogP contribution in [0.4, 0.5) is 0 Å². The quantitative estimate of drug-likeness (QED) is 0.814. The van der Waals surface area contributed by atoms with Crippen molar-refractivity contribution >= 4 is 5.91 Å². The molecule has 150 valence electrons. The highest BCUT2D eigenvalue weighted by atomic mass is 16.2. The van der Waals surface area contributed by atoms with E-state index in [-0.39, 0.29) is 0 Å². The predicted molar refractivity (Wildman–Crippen MR) is 105 cm³/mol. The molecule has 0 spiro atoms. The zero-order valence-corrected chi connectivity index (χ0v) is 16.9. The third-order valence-corrected chi connectivity index (χ3v) is 6.94. The number of amides is 1. The molecular formula is C21H35N5O. The molecule has 0 unspecified atom stereocenters. The number of hydrogen-bond donors (Lipinski definition) is 0. The fourth-order valence-corrected chi connectivity index (χ4v) is 5.15. The molecule has 3 heterocycles. The molecule has 0 aromatic carbocycles. The summed E-state index contributed by atoms with van der Waals surface area (Å²) in [5.41, 5.74) is 0. The van der Waals surface area contributed by atoms with Crippen molar-refractivity contribution in [3.63, 3.8) is 0 Å². The van der Waals surface area contributed by atoms with Crippen LogP contribution in [-0.4, -0.2) is 56.7 Å². The van der Waals surface area contributed by atoms with E-state index in [1.54, 1.807) is 0 Å². The summed E-state index contributed by atoms with van der Waals surface area (Å²) < 4.78 is 2.22. The van der Waals surface area contributed by atoms with Gasteiger partial charge in [-0.05, 0) is 51.6 Å². The summed E-state index contributed by atoms with van der Waals surface area (Å²) in [4.78, 5) is 17.4. The SMILES string of the molecule is Cn1c(CN2CCCCC2)nnc1C1CCN(C(=O)C2CCCCC2)CC1. The van der Waals surface area contributed by atoms with Crippen LogP contribution in [-0.2, 0) is 18.4 Å². The Bertz CT molecular complexity index is 623. The van der Waals surface area contributed by atoms with E-state index in [0.29, 0.717) is 17.7 Å². The van der Waals surface area contributed by atoms with Crippen LogP contribution in [0.1, 0.15) is 81.8 Å². The second-order valence-corrected chi connectivity index (χ2v) is 8.80. The Kier molecular flexibility index (Phi) is 6.11. The van der Waals surface area contributed by atoms with E-state index in [0.717, 1.165) is 57.0 Å². The van der Waals surface area contributed by atoms with Gasteiger partial charge in [-0.3, -0.25) is 9.69 Å². The summed E-state index contributed by atoms with van der Waals surface area (Å²) in [6.45, 7) is 5.05. The number of carbonyl (C=O) groups excluding carboxylic acids is 1. The normalized spacial score (nSPS) is 23.7. The molecule has 0 radical (unpaired) electrons. The number of hydrogen-bond acceptors (Lipinski definition) is 4. The third kappa shape index (κ3) is 4.36. The zero-order chi connectivity index (χ0) is 18.6. The zero-order valence-electron chi connectivity index (χ0n) is 16.9. The number of piperidine rings is 2. The Labute approximate surface area is 163 Å². The Balaban J connectivity index is 1.32. The summed E-state index contributed by atoms with van der Waals surface area (Å²) >= 11 is 0. The van der Waals surface area contributed by atoms with Gasteiger partial charge >= 0.3 is 0 Å². The van der Waals surface area contributed by atoms with Gasteiger partial charge < -0.3 is 9.47 Å². The van der Waals surface area contributed by atoms with Crippen molar-refractivity contribution in [2.75, 3.05) is 26.2 Å². The number of likely N-dealkylation sites (tertiary alicyclic amines) is 2. The van der Waals surface area contributed by atoms with Crippen molar-refractivity contribution in [3.05, 3.63) is 11.6 Å². The maximum Gasteiger partial charge on any atom is 0.225 e. The molecule has 2 aliphatic heterocycles. The molecule has 3 aliphatic rings. The minimum absolute atomic E-state index is 0.293. The predicted octanol–water partition coefficient (Wildman–Crippen LogP) is 3.09. The fourth-order valence-electron chi connectivity index (χ4n) is 5.15. The van der Waals surface area contributed by atoms with Crippen molar-refractivity contribution in [1.29, 1.82) is 0 Å². The van der Waals surface area contributed by atoms with Gasteiger partial charge in [0.1, 0.15) is 11.6 Å². The lowest BCUT2D eigenvalue weighted by molar-refractivity contribution is -0.137. The van der Waals surface area contributed by atoms with Crippen molar-refractivity contribution in [2.45, 2.75) is 76.7 Å². The molecule has 2 saturated heterocycles. The maximum absolute atomic E-state index is 12.8. The molecule has 0 atom stereocenters. The number of nitrogens with zero attached hydrogens (tertiary/aromatic N) is 5. The van der Waals surface area contributed by atoms with Crippen LogP contribution >= 0.6 is 0 Å². The highest BCUT2D eigenvalue weighted by molar-refractivity contribution is 5.79. The lowest BCUT2D eigenvalue weighted by Gasteiger charge is -2.35. The van der Waals surface area contributed by atoms with Crippen molar-refractivity contribution in [1.82, 2.24) is 24.6 Å². The maximum atomic E-state index is 12.8. The second kappa shape index (κ2) is 8.72. The Hall–Kier alpha value is -1.43. The van der Waals surface area contributed by atoms with Crippen LogP contribution in [0.2, 0.25) is 0 Å². The van der Waals surface area contributed by atoms with Crippen LogP contribution in [0.3, 0.4) is 0 Å². The van der Waals surface area contributed by atoms with Gasteiger partial charge in [-0.2, -0.15) is 0 Å². The van der Waals surface area contributed by atoms with Crippen LogP contribution in [0.15, 0.2) is 0 Å². The van der Waals surface area contributed by atoms with Gasteiger partial charge in [0.2, 0.25) is 5.91 Å². The third-order valence-electron chi connectivity index (χ3n) is 6.94. The molecule has 3 fully saturated rings. The first kappa shape index (κ1) is 18.9. The molecule has 4 rings (SSSR count). The van der Waals surface area contributed by atoms with Crippen LogP contribution in [0.25, 0.3) is 0 Å². The Morgan fingerprint density at radius 2 is 1.56 bits per heavy atom. The summed E-state index contributed by atoms with van der Waals surface area (Å²) in [7, 11) is 2.12. The van der Waals surface area contributed by atoms with E-state index in [4.69, 9.17) is 0 Å². The van der Waals surface area contributed by atoms with Gasteiger partial charge in [-0.25, -0.2) is 0 Å². The molecule has 0 bridgehead atoms. The van der Waals surface area contributed by atoms with Crippen molar-refractivity contribution in [3.8, 4) is 0 Å². The first-order valence-electron chi connectivity index (χ1n) is 11.1. The summed E-state index contributed by atoms with van der Waals surface area (Å²) in [6.07, 6.45) is 12.0. The topological polar surface area (TPSA) is 54.3 Å². The largest absolute Gasteiger partial charge is 0.342 e. The Morgan fingerprint density at radius 3 is 2.26 bits per heavy atom. The minimum atomic E-state index is 0.293. The summed E-state index contributed by atoms with van der Waals surface area (Å²) in [6, 6.07) is 0. The molecule has 1 amide bonds. The molecule has 1 aliphatic carbocycles. The molecule has 1 aromatic rings. The van der Waals surface area contributed by atoms with E-state index in [1.165, 1.54) is 51.6 Å². The van der Waals surface area contributed by atoms with Gasteiger partial charge in [0.05, 0.1) is 6.54 Å². The van der Waals surface area contributed by atoms with Gasteiger partial charge in [0, 0.05) is 32.0 Å². The lowest BCUT2D eigenvalue weighted by Crippen LogP contribution is -2.42. The van der Waals surface area contributed by atoms with E-state index in [9.17, 15) is 4.79 Å². The smallest absolute Gasteiger partial charge is 0.225 e. The van der Waals surface area contributed by atoms with Gasteiger partial charge in [0.15, 0.2) is 0 Å². The number of carbonyl (C=O) groups is 1. The standard InChI is InChI=1S/C21H35N5O/c1-24-19(16-25-12-6-3-7-13-25)22-23-20(24)17-10-14-26(15-11-17)21(27)18-8-4-2-5-9-18/h17-18H,2-16H2,1H3. The van der Waals surface area contributed by atoms with E-state index < -0.39 is 0 Å². The summed E-state index contributed by atoms with van der Waals surface area (Å²) in [5, 5.41) is 9.05. The molecule has 1 saturated carbocycles. The molecule has 6 nitrogen and oxygen atoms in total. The van der Waals surface area contributed by atoms with Crippen LogP contribution in [0, 0.1) is 5.92 Å². The average Bonchev–Trinajstić information content (AvgIpc) is 3.09. The minimum Gasteiger partial charge on any atom is -0.342 e. The number of aromatic nitrogens is 3. The fraction of sp³-hybridized carbons (Fsp3) is 0.857. The number of rotatable bonds is 4. The van der Waals surface area contributed by atoms with Gasteiger partial charge in [-0.1, -0.05) is 25.7 Å². The monoisotopic (exact) mass is 373 g/mol. The van der Waals surface area contributed by atoms with Crippen molar-refractivity contribution < 1.29 is 4.79 Å². The molecule has 1 aromatic heterocycles. The molecule has 27 heavy (non-hydrogen) atoms. The first-order valence-corrected chi connectivity index (χ1v) is 11.1. The van der Waals surface area contributed by atoms with E-state index in [2.05, 4.69) is 31.6 Å². The van der Waals surface area contributed by atoms with Gasteiger partial charge in [0.25, 0.3) is 0 Å². The summed E-state index contributed by atoms with van der Waals surface area (Å²) in [5.74, 6) is 3.35. The lowest BCUT2D eigenvalue weighted by atomic mass is 9.87. The van der Waals surface area contributed by atoms with Crippen LogP contribution < -0.4 is 0 Å². The molecule has 6 heteroatoms. The molecular weight excluding hydrogens is 338 g/mol. The van der Waals surface area contributed by atoms with Crippen LogP contribution in [0.5, 0.6) is 0 Å². The second-order valence-electron chi connectivity index (χ2n) is 8.80. The van der Waals surface area contributed by atoms with E-state index >= 15 is 0 Å². The highest BCUT2D eigenvalue weighted by Crippen LogP contribution is 2.30. The van der Waals surface area contributed by atoms with E-state index in [1.807, 2.05) is 0 Å². The van der Waals surface area contributed by atoms with Gasteiger partial charge in [-0.15, -0.1) is 10.2 Å². The average molecular weight is 374 g/mol. The Morgan fingerprint density at radius 1 is 0.889 bits per heavy atom. The highest BCUT2D eigenvalue weighted by Gasteiger charge is 2.31. The first-order chi connectivity index (χ1) is 13.2.